The Morgan fingerprint density at radius 1 is 1.29 bits per heavy atom. The number of nitrogens with one attached hydrogen (secondary N) is 2. The third kappa shape index (κ3) is 3.54. The predicted molar refractivity (Wildman–Crippen MR) is 80.0 cm³/mol. The molecule has 0 spiro atoms. The van der Waals surface area contributed by atoms with E-state index < -0.39 is 20.7 Å². The molecule has 0 heterocycles. The highest BCUT2D eigenvalue weighted by Crippen LogP contribution is 2.44. The maximum atomic E-state index is 12.2. The van der Waals surface area contributed by atoms with E-state index in [-0.39, 0.29) is 0 Å². The maximum Gasteiger partial charge on any atom is 0.354 e. The van der Waals surface area contributed by atoms with E-state index in [1.807, 2.05) is 13.0 Å². The highest BCUT2D eigenvalue weighted by atomic mass is 32.2. The van der Waals surface area contributed by atoms with Crippen LogP contribution in [0.15, 0.2) is 30.3 Å². The van der Waals surface area contributed by atoms with Crippen molar-refractivity contribution in [3.8, 4) is 0 Å². The minimum atomic E-state index is -3.69. The summed E-state index contributed by atoms with van der Waals surface area (Å²) in [5, 5.41) is 0. The molecule has 2 rings (SSSR count). The van der Waals surface area contributed by atoms with E-state index in [0.717, 1.165) is 12.8 Å². The monoisotopic (exact) mass is 312 g/mol. The Kier molecular flexibility index (Phi) is 4.84. The number of hydrogen-bond donors (Lipinski definition) is 2. The van der Waals surface area contributed by atoms with E-state index in [1.54, 1.807) is 24.3 Å². The summed E-state index contributed by atoms with van der Waals surface area (Å²) in [5.41, 5.74) is 3.08. The normalized spacial score (nSPS) is 16.2. The Morgan fingerprint density at radius 3 is 2.52 bits per heavy atom. The molecular formula is C14H20N2O4S. The molecule has 1 saturated carbocycles. The standard InChI is InChI=1S/C14H20N2O4S/c1-2-3-11-15-21(18,19)14(9-10-14)13(17)20-16-12-7-5-4-6-8-12/h4-8,15-16H,2-3,9-11H2,1H3. The second-order valence-corrected chi connectivity index (χ2v) is 7.18. The van der Waals surface area contributed by atoms with Crippen molar-refractivity contribution in [3.63, 3.8) is 0 Å². The fraction of sp³-hybridized carbons (Fsp3) is 0.500. The summed E-state index contributed by atoms with van der Waals surface area (Å²) in [7, 11) is -3.69. The van der Waals surface area contributed by atoms with Crippen molar-refractivity contribution in [3.05, 3.63) is 30.3 Å². The van der Waals surface area contributed by atoms with Crippen molar-refractivity contribution < 1.29 is 18.0 Å². The van der Waals surface area contributed by atoms with Crippen molar-refractivity contribution >= 4 is 21.7 Å². The Bertz CT molecular complexity index is 582. The molecule has 0 unspecified atom stereocenters. The van der Waals surface area contributed by atoms with Gasteiger partial charge in [0.15, 0.2) is 4.75 Å². The van der Waals surface area contributed by atoms with E-state index >= 15 is 0 Å². The number of para-hydroxylation sites is 1. The van der Waals surface area contributed by atoms with Gasteiger partial charge in [0.25, 0.3) is 0 Å². The lowest BCUT2D eigenvalue weighted by Crippen LogP contribution is -2.43. The molecule has 1 aromatic rings. The van der Waals surface area contributed by atoms with Crippen LogP contribution in [0.1, 0.15) is 32.6 Å². The van der Waals surface area contributed by atoms with Crippen molar-refractivity contribution in [2.24, 2.45) is 0 Å². The first-order valence-electron chi connectivity index (χ1n) is 7.03. The molecule has 6 nitrogen and oxygen atoms in total. The van der Waals surface area contributed by atoms with Gasteiger partial charge in [-0.15, -0.1) is 0 Å². The fourth-order valence-corrected chi connectivity index (χ4v) is 3.51. The Hall–Kier alpha value is -1.60. The third-order valence-corrected chi connectivity index (χ3v) is 5.64. The highest BCUT2D eigenvalue weighted by molar-refractivity contribution is 7.92. The van der Waals surface area contributed by atoms with Gasteiger partial charge in [-0.2, -0.15) is 0 Å². The van der Waals surface area contributed by atoms with E-state index in [1.165, 1.54) is 0 Å². The molecule has 21 heavy (non-hydrogen) atoms. The van der Waals surface area contributed by atoms with Gasteiger partial charge in [0.05, 0.1) is 5.69 Å². The van der Waals surface area contributed by atoms with Crippen LogP contribution in [-0.4, -0.2) is 25.7 Å². The molecule has 1 aliphatic rings. The van der Waals surface area contributed by atoms with Crippen LogP contribution in [0.2, 0.25) is 0 Å². The summed E-state index contributed by atoms with van der Waals surface area (Å²) in [4.78, 5) is 17.0. The van der Waals surface area contributed by atoms with Crippen LogP contribution in [-0.2, 0) is 19.7 Å². The molecule has 0 saturated heterocycles. The van der Waals surface area contributed by atoms with Crippen molar-refractivity contribution in [2.45, 2.75) is 37.4 Å². The number of hydrogen-bond acceptors (Lipinski definition) is 5. The largest absolute Gasteiger partial charge is 0.354 e. The molecule has 0 amide bonds. The van der Waals surface area contributed by atoms with Crippen LogP contribution < -0.4 is 10.2 Å². The molecule has 1 fully saturated rings. The van der Waals surface area contributed by atoms with Gasteiger partial charge in [0.1, 0.15) is 0 Å². The van der Waals surface area contributed by atoms with E-state index in [4.69, 9.17) is 4.84 Å². The molecule has 1 aromatic carbocycles. The van der Waals surface area contributed by atoms with Crippen molar-refractivity contribution in [2.75, 3.05) is 12.0 Å². The predicted octanol–water partition coefficient (Wildman–Crippen LogP) is 1.81. The Morgan fingerprint density at radius 2 is 1.95 bits per heavy atom. The smallest absolute Gasteiger partial charge is 0.342 e. The van der Waals surface area contributed by atoms with Gasteiger partial charge >= 0.3 is 5.97 Å². The lowest BCUT2D eigenvalue weighted by Gasteiger charge is -2.16. The quantitative estimate of drug-likeness (QED) is 0.565. The van der Waals surface area contributed by atoms with Crippen LogP contribution in [0.5, 0.6) is 0 Å². The number of unbranched alkanes of at least 4 members (excludes halogenated alkanes) is 1. The van der Waals surface area contributed by atoms with Crippen LogP contribution in [0.3, 0.4) is 0 Å². The van der Waals surface area contributed by atoms with Gasteiger partial charge < -0.3 is 4.84 Å². The number of rotatable bonds is 8. The fourth-order valence-electron chi connectivity index (χ4n) is 1.92. The average Bonchev–Trinajstić information content (AvgIpc) is 3.28. The van der Waals surface area contributed by atoms with Crippen LogP contribution >= 0.6 is 0 Å². The number of anilines is 1. The van der Waals surface area contributed by atoms with Crippen LogP contribution in [0.4, 0.5) is 5.69 Å². The number of benzene rings is 1. The summed E-state index contributed by atoms with van der Waals surface area (Å²) >= 11 is 0. The number of carbonyl (C=O) groups excluding carboxylic acids is 1. The van der Waals surface area contributed by atoms with Crippen molar-refractivity contribution in [1.82, 2.24) is 4.72 Å². The molecule has 0 radical (unpaired) electrons. The average molecular weight is 312 g/mol. The Labute approximate surface area is 124 Å². The zero-order chi connectivity index (χ0) is 15.3. The summed E-state index contributed by atoms with van der Waals surface area (Å²) in [6, 6.07) is 8.84. The van der Waals surface area contributed by atoms with Gasteiger partial charge in [0, 0.05) is 6.54 Å². The summed E-state index contributed by atoms with van der Waals surface area (Å²) in [6.45, 7) is 2.32. The minimum Gasteiger partial charge on any atom is -0.342 e. The van der Waals surface area contributed by atoms with E-state index in [0.29, 0.717) is 25.1 Å². The zero-order valence-corrected chi connectivity index (χ0v) is 12.8. The first-order valence-corrected chi connectivity index (χ1v) is 8.52. The van der Waals surface area contributed by atoms with Gasteiger partial charge in [-0.3, -0.25) is 0 Å². The number of carbonyl (C=O) groups is 1. The summed E-state index contributed by atoms with van der Waals surface area (Å²) < 4.78 is 25.5. The van der Waals surface area contributed by atoms with Crippen molar-refractivity contribution in [1.29, 1.82) is 0 Å². The van der Waals surface area contributed by atoms with Gasteiger partial charge in [-0.05, 0) is 31.4 Å². The molecule has 0 aromatic heterocycles. The van der Waals surface area contributed by atoms with E-state index in [9.17, 15) is 13.2 Å². The Balaban J connectivity index is 1.95. The number of sulfonamides is 1. The zero-order valence-electron chi connectivity index (χ0n) is 12.0. The molecular weight excluding hydrogens is 292 g/mol. The third-order valence-electron chi connectivity index (χ3n) is 3.45. The molecule has 2 N–H and O–H groups in total. The van der Waals surface area contributed by atoms with Gasteiger partial charge in [-0.25, -0.2) is 23.4 Å². The van der Waals surface area contributed by atoms with E-state index in [2.05, 4.69) is 10.2 Å². The van der Waals surface area contributed by atoms with Gasteiger partial charge in [0.2, 0.25) is 10.0 Å². The molecule has 0 aliphatic heterocycles. The van der Waals surface area contributed by atoms with Crippen LogP contribution in [0.25, 0.3) is 0 Å². The summed E-state index contributed by atoms with van der Waals surface area (Å²) in [5.74, 6) is -0.754. The molecule has 7 heteroatoms. The molecule has 116 valence electrons. The molecule has 1 aliphatic carbocycles. The minimum absolute atomic E-state index is 0.295. The first kappa shape index (κ1) is 15.8. The maximum absolute atomic E-state index is 12.2. The lowest BCUT2D eigenvalue weighted by atomic mass is 10.3. The van der Waals surface area contributed by atoms with Crippen LogP contribution in [0, 0.1) is 0 Å². The summed E-state index contributed by atoms with van der Waals surface area (Å²) in [6.07, 6.45) is 2.22. The first-order chi connectivity index (χ1) is 10.0. The second kappa shape index (κ2) is 6.44. The highest BCUT2D eigenvalue weighted by Gasteiger charge is 2.62. The van der Waals surface area contributed by atoms with Gasteiger partial charge in [-0.1, -0.05) is 31.5 Å². The lowest BCUT2D eigenvalue weighted by molar-refractivity contribution is -0.141. The molecule has 0 atom stereocenters. The molecule has 0 bridgehead atoms. The second-order valence-electron chi connectivity index (χ2n) is 5.10. The SMILES string of the molecule is CCCCNS(=O)(=O)C1(C(=O)ONc2ccccc2)CC1. The topological polar surface area (TPSA) is 84.5 Å².